The molecule has 0 bridgehead atoms. The topological polar surface area (TPSA) is 78.8 Å². The van der Waals surface area contributed by atoms with Gasteiger partial charge in [0.1, 0.15) is 11.8 Å². The molecule has 1 aromatic rings. The Labute approximate surface area is 113 Å². The highest BCUT2D eigenvalue weighted by molar-refractivity contribution is 5.73. The number of hydrogen-bond donors (Lipinski definition) is 3. The fourth-order valence-electron chi connectivity index (χ4n) is 1.69. The van der Waals surface area contributed by atoms with Crippen LogP contribution in [0.1, 0.15) is 25.3 Å². The third kappa shape index (κ3) is 5.28. The second-order valence-corrected chi connectivity index (χ2v) is 4.25. The largest absolute Gasteiger partial charge is 0.493 e. The molecular weight excluding hydrogens is 246 g/mol. The number of carbonyl (C=O) groups is 1. The summed E-state index contributed by atoms with van der Waals surface area (Å²) in [5.41, 5.74) is 0.705. The fourth-order valence-corrected chi connectivity index (χ4v) is 1.69. The minimum Gasteiger partial charge on any atom is -0.493 e. The first-order valence-electron chi connectivity index (χ1n) is 6.46. The molecule has 0 aliphatic carbocycles. The van der Waals surface area contributed by atoms with Gasteiger partial charge in [-0.05, 0) is 19.0 Å². The Kier molecular flexibility index (Phi) is 6.92. The summed E-state index contributed by atoms with van der Waals surface area (Å²) in [5.74, 6) is -0.267. The van der Waals surface area contributed by atoms with Gasteiger partial charge < -0.3 is 20.3 Å². The monoisotopic (exact) mass is 267 g/mol. The third-order valence-corrected chi connectivity index (χ3v) is 2.75. The van der Waals surface area contributed by atoms with Crippen molar-refractivity contribution in [2.45, 2.75) is 32.4 Å². The van der Waals surface area contributed by atoms with Crippen molar-refractivity contribution in [3.8, 4) is 5.75 Å². The second kappa shape index (κ2) is 8.50. The molecule has 5 nitrogen and oxygen atoms in total. The number of ether oxygens (including phenoxy) is 1. The quantitative estimate of drug-likeness (QED) is 0.630. The summed E-state index contributed by atoms with van der Waals surface area (Å²) in [4.78, 5) is 11.0. The predicted molar refractivity (Wildman–Crippen MR) is 72.2 cm³/mol. The third-order valence-electron chi connectivity index (χ3n) is 2.75. The molecule has 0 aliphatic rings. The molecule has 106 valence electrons. The van der Waals surface area contributed by atoms with Crippen LogP contribution >= 0.6 is 0 Å². The van der Waals surface area contributed by atoms with Crippen LogP contribution in [0.5, 0.6) is 5.75 Å². The van der Waals surface area contributed by atoms with Crippen LogP contribution in [0, 0.1) is 0 Å². The molecule has 3 N–H and O–H groups in total. The highest BCUT2D eigenvalue weighted by Gasteiger charge is 2.16. The Morgan fingerprint density at radius 2 is 2.16 bits per heavy atom. The molecule has 0 fully saturated rings. The number of aliphatic hydroxyl groups is 1. The van der Waals surface area contributed by atoms with Crippen LogP contribution < -0.4 is 10.1 Å². The van der Waals surface area contributed by atoms with Gasteiger partial charge in [0.15, 0.2) is 0 Å². The van der Waals surface area contributed by atoms with Crippen LogP contribution in [0.2, 0.25) is 0 Å². The van der Waals surface area contributed by atoms with E-state index in [9.17, 15) is 4.79 Å². The van der Waals surface area contributed by atoms with Crippen molar-refractivity contribution in [2.75, 3.05) is 13.2 Å². The molecule has 0 amide bonds. The zero-order chi connectivity index (χ0) is 14.1. The minimum absolute atomic E-state index is 0.0907. The smallest absolute Gasteiger partial charge is 0.320 e. The van der Waals surface area contributed by atoms with E-state index in [0.717, 1.165) is 6.42 Å². The Hall–Kier alpha value is -1.59. The van der Waals surface area contributed by atoms with Gasteiger partial charge in [0.05, 0.1) is 13.2 Å². The van der Waals surface area contributed by atoms with Crippen molar-refractivity contribution < 1.29 is 19.7 Å². The first kappa shape index (κ1) is 15.5. The molecule has 0 spiro atoms. The number of rotatable bonds is 9. The van der Waals surface area contributed by atoms with E-state index < -0.39 is 12.0 Å². The van der Waals surface area contributed by atoms with Crippen molar-refractivity contribution in [2.24, 2.45) is 0 Å². The van der Waals surface area contributed by atoms with Crippen molar-refractivity contribution in [1.82, 2.24) is 5.32 Å². The lowest BCUT2D eigenvalue weighted by atomic mass is 10.2. The summed E-state index contributed by atoms with van der Waals surface area (Å²) < 4.78 is 5.53. The molecule has 19 heavy (non-hydrogen) atoms. The van der Waals surface area contributed by atoms with E-state index in [0.29, 0.717) is 30.9 Å². The zero-order valence-corrected chi connectivity index (χ0v) is 11.1. The van der Waals surface area contributed by atoms with Gasteiger partial charge >= 0.3 is 5.97 Å². The molecule has 0 saturated heterocycles. The minimum atomic E-state index is -0.868. The van der Waals surface area contributed by atoms with E-state index in [-0.39, 0.29) is 6.61 Å². The molecule has 0 aromatic heterocycles. The van der Waals surface area contributed by atoms with Gasteiger partial charge in [-0.1, -0.05) is 25.1 Å². The fraction of sp³-hybridized carbons (Fsp3) is 0.500. The number of aliphatic hydroxyl groups excluding tert-OH is 1. The summed E-state index contributed by atoms with van der Waals surface area (Å²) in [6, 6.07) is 6.58. The van der Waals surface area contributed by atoms with Crippen LogP contribution in [0.15, 0.2) is 24.3 Å². The van der Waals surface area contributed by atoms with Gasteiger partial charge in [0, 0.05) is 12.0 Å². The average molecular weight is 267 g/mol. The van der Waals surface area contributed by atoms with Crippen LogP contribution in [0.4, 0.5) is 0 Å². The van der Waals surface area contributed by atoms with Gasteiger partial charge in [0.2, 0.25) is 0 Å². The number of carboxylic acids is 1. The highest BCUT2D eigenvalue weighted by Crippen LogP contribution is 2.17. The van der Waals surface area contributed by atoms with Gasteiger partial charge in [0.25, 0.3) is 0 Å². The lowest BCUT2D eigenvalue weighted by Gasteiger charge is -2.15. The average Bonchev–Trinajstić information content (AvgIpc) is 2.42. The lowest BCUT2D eigenvalue weighted by molar-refractivity contribution is -0.139. The molecule has 5 heteroatoms. The van der Waals surface area contributed by atoms with E-state index in [1.807, 2.05) is 19.1 Å². The first-order chi connectivity index (χ1) is 9.19. The maximum Gasteiger partial charge on any atom is 0.320 e. The number of para-hydroxylation sites is 1. The van der Waals surface area contributed by atoms with Crippen molar-refractivity contribution in [3.63, 3.8) is 0 Å². The molecule has 0 saturated carbocycles. The summed E-state index contributed by atoms with van der Waals surface area (Å²) in [7, 11) is 0. The lowest BCUT2D eigenvalue weighted by Crippen LogP contribution is -2.38. The van der Waals surface area contributed by atoms with E-state index >= 15 is 0 Å². The van der Waals surface area contributed by atoms with E-state index in [2.05, 4.69) is 5.32 Å². The number of hydrogen-bond acceptors (Lipinski definition) is 4. The number of carboxylic acid groups (broad SMARTS) is 1. The molecular formula is C14H21NO4. The number of benzene rings is 1. The van der Waals surface area contributed by atoms with Crippen LogP contribution in [-0.4, -0.2) is 35.4 Å². The maximum absolute atomic E-state index is 11.0. The first-order valence-corrected chi connectivity index (χ1v) is 6.46. The maximum atomic E-state index is 11.0. The predicted octanol–water partition coefficient (Wildman–Crippen LogP) is 1.40. The molecule has 0 radical (unpaired) electrons. The van der Waals surface area contributed by atoms with Crippen LogP contribution in [0.3, 0.4) is 0 Å². The van der Waals surface area contributed by atoms with Gasteiger partial charge in [-0.3, -0.25) is 4.79 Å². The summed E-state index contributed by atoms with van der Waals surface area (Å²) in [6.45, 7) is 2.86. The number of nitrogens with one attached hydrogen (secondary N) is 1. The second-order valence-electron chi connectivity index (χ2n) is 4.25. The summed E-state index contributed by atoms with van der Waals surface area (Å²) in [5, 5.41) is 21.1. The van der Waals surface area contributed by atoms with Gasteiger partial charge in [-0.15, -0.1) is 0 Å². The Balaban J connectivity index is 2.45. The molecule has 1 aromatic carbocycles. The molecule has 0 heterocycles. The zero-order valence-electron chi connectivity index (χ0n) is 11.1. The van der Waals surface area contributed by atoms with E-state index in [1.165, 1.54) is 0 Å². The number of aliphatic carboxylic acids is 1. The van der Waals surface area contributed by atoms with Crippen LogP contribution in [0.25, 0.3) is 0 Å². The van der Waals surface area contributed by atoms with Gasteiger partial charge in [-0.2, -0.15) is 0 Å². The Morgan fingerprint density at radius 1 is 1.42 bits per heavy atom. The molecule has 1 unspecified atom stereocenters. The van der Waals surface area contributed by atoms with E-state index in [4.69, 9.17) is 14.9 Å². The van der Waals surface area contributed by atoms with Crippen LogP contribution in [-0.2, 0) is 11.4 Å². The Bertz CT molecular complexity index is 395. The van der Waals surface area contributed by atoms with Crippen molar-refractivity contribution in [3.05, 3.63) is 29.8 Å². The van der Waals surface area contributed by atoms with E-state index in [1.54, 1.807) is 12.1 Å². The molecule has 1 rings (SSSR count). The summed E-state index contributed by atoms with van der Waals surface area (Å²) in [6.07, 6.45) is 1.27. The van der Waals surface area contributed by atoms with Crippen molar-refractivity contribution in [1.29, 1.82) is 0 Å². The summed E-state index contributed by atoms with van der Waals surface area (Å²) >= 11 is 0. The van der Waals surface area contributed by atoms with Gasteiger partial charge in [-0.25, -0.2) is 0 Å². The SMILES string of the molecule is CCCNC(CCOc1ccccc1CO)C(=O)O. The highest BCUT2D eigenvalue weighted by atomic mass is 16.5. The Morgan fingerprint density at radius 3 is 2.79 bits per heavy atom. The van der Waals surface area contributed by atoms with Crippen molar-refractivity contribution >= 4 is 5.97 Å². The standard InChI is InChI=1S/C14H21NO4/c1-2-8-15-12(14(17)18)7-9-19-13-6-4-3-5-11(13)10-16/h3-6,12,15-16H,2,7-10H2,1H3,(H,17,18). The molecule has 0 aliphatic heterocycles. The normalized spacial score (nSPS) is 12.1. The molecule has 1 atom stereocenters.